The fourth-order valence-corrected chi connectivity index (χ4v) is 4.35. The molecule has 1 atom stereocenters. The Hall–Kier alpha value is -0.960. The van der Waals surface area contributed by atoms with Gasteiger partial charge in [0.1, 0.15) is 11.9 Å². The van der Waals surface area contributed by atoms with Gasteiger partial charge in [0.15, 0.2) is 0 Å². The first kappa shape index (κ1) is 14.0. The molecule has 8 heteroatoms. The van der Waals surface area contributed by atoms with Crippen LogP contribution < -0.4 is 0 Å². The SMILES string of the molecule is Cc1cnc([C@H]2CN(S(=O)(=O)N3CCCC3)CCO2)[nH]1. The lowest BCUT2D eigenvalue weighted by Gasteiger charge is -2.33. The van der Waals surface area contributed by atoms with Crippen LogP contribution in [-0.2, 0) is 14.9 Å². The molecular formula is C12H20N4O3S. The van der Waals surface area contributed by atoms with E-state index in [-0.39, 0.29) is 6.10 Å². The summed E-state index contributed by atoms with van der Waals surface area (Å²) in [5.41, 5.74) is 0.947. The van der Waals surface area contributed by atoms with Crippen molar-refractivity contribution in [2.24, 2.45) is 0 Å². The van der Waals surface area contributed by atoms with Crippen LogP contribution in [0, 0.1) is 6.92 Å². The van der Waals surface area contributed by atoms with Crippen molar-refractivity contribution in [3.8, 4) is 0 Å². The van der Waals surface area contributed by atoms with Crippen molar-refractivity contribution in [3.63, 3.8) is 0 Å². The minimum absolute atomic E-state index is 0.310. The van der Waals surface area contributed by atoms with Crippen molar-refractivity contribution in [1.82, 2.24) is 18.6 Å². The summed E-state index contributed by atoms with van der Waals surface area (Å²) >= 11 is 0. The number of aromatic amines is 1. The molecular weight excluding hydrogens is 280 g/mol. The van der Waals surface area contributed by atoms with Gasteiger partial charge in [-0.15, -0.1) is 0 Å². The van der Waals surface area contributed by atoms with Crippen LogP contribution in [0.15, 0.2) is 6.20 Å². The standard InChI is InChI=1S/C12H20N4O3S/c1-10-8-13-12(14-10)11-9-16(6-7-19-11)20(17,18)15-4-2-3-5-15/h8,11H,2-7,9H2,1H3,(H,13,14)/t11-/m1/s1. The number of nitrogens with one attached hydrogen (secondary N) is 1. The fraction of sp³-hybridized carbons (Fsp3) is 0.750. The van der Waals surface area contributed by atoms with E-state index in [1.165, 1.54) is 4.31 Å². The van der Waals surface area contributed by atoms with Crippen LogP contribution in [0.3, 0.4) is 0 Å². The van der Waals surface area contributed by atoms with Gasteiger partial charge in [-0.2, -0.15) is 17.0 Å². The van der Waals surface area contributed by atoms with Gasteiger partial charge in [0, 0.05) is 38.1 Å². The van der Waals surface area contributed by atoms with Gasteiger partial charge in [-0.25, -0.2) is 4.98 Å². The summed E-state index contributed by atoms with van der Waals surface area (Å²) in [6.45, 7) is 4.31. The highest BCUT2D eigenvalue weighted by atomic mass is 32.2. The third kappa shape index (κ3) is 2.60. The van der Waals surface area contributed by atoms with Crippen molar-refractivity contribution >= 4 is 10.2 Å². The van der Waals surface area contributed by atoms with Gasteiger partial charge < -0.3 is 9.72 Å². The van der Waals surface area contributed by atoms with Gasteiger partial charge in [-0.3, -0.25) is 0 Å². The third-order valence-electron chi connectivity index (χ3n) is 3.77. The van der Waals surface area contributed by atoms with Crippen molar-refractivity contribution in [2.45, 2.75) is 25.9 Å². The van der Waals surface area contributed by atoms with E-state index in [0.29, 0.717) is 38.6 Å². The molecule has 2 fully saturated rings. The molecule has 2 saturated heterocycles. The van der Waals surface area contributed by atoms with E-state index in [9.17, 15) is 8.42 Å². The highest BCUT2D eigenvalue weighted by molar-refractivity contribution is 7.86. The van der Waals surface area contributed by atoms with E-state index >= 15 is 0 Å². The molecule has 7 nitrogen and oxygen atoms in total. The number of hydrogen-bond donors (Lipinski definition) is 1. The molecule has 1 aromatic heterocycles. The first-order valence-corrected chi connectivity index (χ1v) is 8.35. The quantitative estimate of drug-likeness (QED) is 0.878. The summed E-state index contributed by atoms with van der Waals surface area (Å²) in [6, 6.07) is 0. The molecule has 112 valence electrons. The van der Waals surface area contributed by atoms with Crippen LogP contribution in [0.4, 0.5) is 0 Å². The van der Waals surface area contributed by atoms with E-state index < -0.39 is 10.2 Å². The Morgan fingerprint density at radius 3 is 2.70 bits per heavy atom. The number of aryl methyl sites for hydroxylation is 1. The smallest absolute Gasteiger partial charge is 0.282 e. The monoisotopic (exact) mass is 300 g/mol. The molecule has 2 aliphatic heterocycles. The molecule has 20 heavy (non-hydrogen) atoms. The van der Waals surface area contributed by atoms with Crippen LogP contribution in [0.2, 0.25) is 0 Å². The van der Waals surface area contributed by atoms with Crippen molar-refractivity contribution < 1.29 is 13.2 Å². The molecule has 2 aliphatic rings. The molecule has 1 aromatic rings. The van der Waals surface area contributed by atoms with Gasteiger partial charge in [0.2, 0.25) is 0 Å². The molecule has 0 aromatic carbocycles. The zero-order valence-corrected chi connectivity index (χ0v) is 12.4. The van der Waals surface area contributed by atoms with Crippen molar-refractivity contribution in [2.75, 3.05) is 32.8 Å². The summed E-state index contributed by atoms with van der Waals surface area (Å²) in [5.74, 6) is 0.698. The Bertz CT molecular complexity index is 565. The summed E-state index contributed by atoms with van der Waals surface area (Å²) < 4.78 is 33.8. The largest absolute Gasteiger partial charge is 0.368 e. The zero-order valence-electron chi connectivity index (χ0n) is 11.6. The van der Waals surface area contributed by atoms with Gasteiger partial charge in [-0.05, 0) is 19.8 Å². The number of imidazole rings is 1. The topological polar surface area (TPSA) is 78.5 Å². The van der Waals surface area contributed by atoms with Gasteiger partial charge in [0.05, 0.1) is 6.61 Å². The summed E-state index contributed by atoms with van der Waals surface area (Å²) in [6.07, 6.45) is 3.32. The van der Waals surface area contributed by atoms with E-state index in [0.717, 1.165) is 18.5 Å². The molecule has 0 saturated carbocycles. The van der Waals surface area contributed by atoms with Crippen LogP contribution in [0.25, 0.3) is 0 Å². The number of morpholine rings is 1. The molecule has 3 heterocycles. The average Bonchev–Trinajstić information content (AvgIpc) is 3.10. The number of H-pyrrole nitrogens is 1. The van der Waals surface area contributed by atoms with Crippen molar-refractivity contribution in [1.29, 1.82) is 0 Å². The molecule has 1 N–H and O–H groups in total. The summed E-state index contributed by atoms with van der Waals surface area (Å²) in [5, 5.41) is 0. The van der Waals surface area contributed by atoms with Crippen LogP contribution >= 0.6 is 0 Å². The Kier molecular flexibility index (Phi) is 3.80. The lowest BCUT2D eigenvalue weighted by atomic mass is 10.3. The number of ether oxygens (including phenoxy) is 1. The van der Waals surface area contributed by atoms with Gasteiger partial charge in [0.25, 0.3) is 10.2 Å². The first-order valence-electron chi connectivity index (χ1n) is 6.96. The second kappa shape index (κ2) is 5.44. The highest BCUT2D eigenvalue weighted by Crippen LogP contribution is 2.24. The third-order valence-corrected chi connectivity index (χ3v) is 5.78. The number of hydrogen-bond acceptors (Lipinski definition) is 4. The average molecular weight is 300 g/mol. The highest BCUT2D eigenvalue weighted by Gasteiger charge is 2.36. The van der Waals surface area contributed by atoms with Gasteiger partial charge >= 0.3 is 0 Å². The Morgan fingerprint density at radius 2 is 2.05 bits per heavy atom. The summed E-state index contributed by atoms with van der Waals surface area (Å²) in [4.78, 5) is 7.35. The van der Waals surface area contributed by atoms with Crippen LogP contribution in [0.1, 0.15) is 30.5 Å². The Labute approximate surface area is 119 Å². The Balaban J connectivity index is 1.74. The maximum absolute atomic E-state index is 12.5. The lowest BCUT2D eigenvalue weighted by Crippen LogP contribution is -2.48. The molecule has 0 unspecified atom stereocenters. The number of rotatable bonds is 3. The lowest BCUT2D eigenvalue weighted by molar-refractivity contribution is -0.00860. The molecule has 0 aliphatic carbocycles. The first-order chi connectivity index (χ1) is 9.57. The minimum atomic E-state index is -3.35. The molecule has 0 bridgehead atoms. The number of aromatic nitrogens is 2. The predicted octanol–water partition coefficient (Wildman–Crippen LogP) is 0.432. The summed E-state index contributed by atoms with van der Waals surface area (Å²) in [7, 11) is -3.35. The second-order valence-corrected chi connectivity index (χ2v) is 7.21. The zero-order chi connectivity index (χ0) is 14.2. The number of nitrogens with zero attached hydrogens (tertiary/aromatic N) is 3. The maximum Gasteiger partial charge on any atom is 0.282 e. The van der Waals surface area contributed by atoms with Crippen molar-refractivity contribution in [3.05, 3.63) is 17.7 Å². The van der Waals surface area contributed by atoms with E-state index in [1.54, 1.807) is 10.5 Å². The predicted molar refractivity (Wildman–Crippen MR) is 73.3 cm³/mol. The van der Waals surface area contributed by atoms with E-state index in [4.69, 9.17) is 4.74 Å². The fourth-order valence-electron chi connectivity index (χ4n) is 2.68. The van der Waals surface area contributed by atoms with Crippen LogP contribution in [-0.4, -0.2) is 59.8 Å². The molecule has 0 amide bonds. The molecule has 0 radical (unpaired) electrons. The Morgan fingerprint density at radius 1 is 1.30 bits per heavy atom. The second-order valence-electron chi connectivity index (χ2n) is 5.28. The van der Waals surface area contributed by atoms with E-state index in [2.05, 4.69) is 9.97 Å². The molecule has 0 spiro atoms. The van der Waals surface area contributed by atoms with Crippen LogP contribution in [0.5, 0.6) is 0 Å². The maximum atomic E-state index is 12.5. The van der Waals surface area contributed by atoms with Gasteiger partial charge in [-0.1, -0.05) is 0 Å². The molecule has 3 rings (SSSR count). The minimum Gasteiger partial charge on any atom is -0.368 e. The van der Waals surface area contributed by atoms with E-state index in [1.807, 2.05) is 6.92 Å². The normalized spacial score (nSPS) is 26.1.